The molecule has 0 bridgehead atoms. The summed E-state index contributed by atoms with van der Waals surface area (Å²) in [5.41, 5.74) is 6.46. The summed E-state index contributed by atoms with van der Waals surface area (Å²) in [5, 5.41) is 2.66. The molecule has 28 heavy (non-hydrogen) atoms. The molecule has 144 valence electrons. The normalized spacial score (nSPS) is 15.0. The van der Waals surface area contributed by atoms with E-state index in [0.717, 1.165) is 0 Å². The van der Waals surface area contributed by atoms with Crippen LogP contribution in [0, 0.1) is 0 Å². The standard InChI is InChI=1S/C25H27N2.HI/c1-25(2)23(17-12-18-10-14-20(15-11-18)26(3)4)27(5)22-16-13-19-8-6-7-9-21(19)24(22)25;/h6-17H,1-5H3;1H/q+1;/p-1. The van der Waals surface area contributed by atoms with Crippen LogP contribution in [0.5, 0.6) is 0 Å². The van der Waals surface area contributed by atoms with E-state index in [-0.39, 0.29) is 29.4 Å². The quantitative estimate of drug-likeness (QED) is 0.411. The molecule has 0 atom stereocenters. The molecule has 0 amide bonds. The zero-order valence-electron chi connectivity index (χ0n) is 17.2. The molecule has 1 aliphatic rings. The minimum absolute atomic E-state index is 0. The van der Waals surface area contributed by atoms with Crippen molar-refractivity contribution >= 4 is 33.9 Å². The van der Waals surface area contributed by atoms with Gasteiger partial charge in [-0.3, -0.25) is 0 Å². The first kappa shape index (κ1) is 20.6. The number of hydrogen-bond donors (Lipinski definition) is 0. The maximum Gasteiger partial charge on any atom is 0.210 e. The van der Waals surface area contributed by atoms with Crippen molar-refractivity contribution in [2.45, 2.75) is 19.3 Å². The van der Waals surface area contributed by atoms with E-state index in [0.29, 0.717) is 0 Å². The van der Waals surface area contributed by atoms with Crippen LogP contribution >= 0.6 is 0 Å². The Morgan fingerprint density at radius 2 is 1.54 bits per heavy atom. The van der Waals surface area contributed by atoms with Crippen molar-refractivity contribution in [3.63, 3.8) is 0 Å². The molecule has 0 saturated carbocycles. The Morgan fingerprint density at radius 1 is 0.857 bits per heavy atom. The lowest BCUT2D eigenvalue weighted by molar-refractivity contribution is -0.401. The molecule has 0 saturated heterocycles. The maximum absolute atomic E-state index is 2.34. The molecular weight excluding hydrogens is 455 g/mol. The van der Waals surface area contributed by atoms with Crippen LogP contribution in [0.15, 0.2) is 66.7 Å². The van der Waals surface area contributed by atoms with Gasteiger partial charge >= 0.3 is 0 Å². The average molecular weight is 482 g/mol. The van der Waals surface area contributed by atoms with E-state index in [1.54, 1.807) is 0 Å². The highest BCUT2D eigenvalue weighted by atomic mass is 127. The highest BCUT2D eigenvalue weighted by Gasteiger charge is 2.44. The van der Waals surface area contributed by atoms with Crippen molar-refractivity contribution in [1.82, 2.24) is 0 Å². The number of rotatable bonds is 3. The van der Waals surface area contributed by atoms with Crippen LogP contribution in [-0.4, -0.2) is 31.4 Å². The third-order valence-electron chi connectivity index (χ3n) is 5.74. The second kappa shape index (κ2) is 7.70. The van der Waals surface area contributed by atoms with Crippen LogP contribution in [0.2, 0.25) is 0 Å². The lowest BCUT2D eigenvalue weighted by Crippen LogP contribution is -3.00. The first-order valence-corrected chi connectivity index (χ1v) is 9.48. The van der Waals surface area contributed by atoms with Crippen LogP contribution in [0.4, 0.5) is 11.4 Å². The van der Waals surface area contributed by atoms with Crippen LogP contribution in [0.1, 0.15) is 25.0 Å². The van der Waals surface area contributed by atoms with E-state index in [2.05, 4.69) is 117 Å². The Labute approximate surface area is 185 Å². The smallest absolute Gasteiger partial charge is 0.210 e. The number of hydrogen-bond acceptors (Lipinski definition) is 1. The summed E-state index contributed by atoms with van der Waals surface area (Å²) in [7, 11) is 6.31. The minimum atomic E-state index is -0.0367. The predicted molar refractivity (Wildman–Crippen MR) is 118 cm³/mol. The van der Waals surface area contributed by atoms with Crippen molar-refractivity contribution in [2.24, 2.45) is 0 Å². The Bertz CT molecular complexity index is 1070. The molecule has 3 aromatic rings. The van der Waals surface area contributed by atoms with Gasteiger partial charge in [-0.05, 0) is 54.5 Å². The van der Waals surface area contributed by atoms with Gasteiger partial charge in [0.2, 0.25) is 5.69 Å². The zero-order valence-corrected chi connectivity index (χ0v) is 19.4. The second-order valence-corrected chi connectivity index (χ2v) is 8.07. The summed E-state index contributed by atoms with van der Waals surface area (Å²) in [6, 6.07) is 21.9. The molecule has 0 aliphatic carbocycles. The molecule has 1 aliphatic heterocycles. The number of halogens is 1. The number of nitrogens with zero attached hydrogens (tertiary/aromatic N) is 2. The molecule has 0 radical (unpaired) electrons. The van der Waals surface area contributed by atoms with Gasteiger partial charge in [-0.2, -0.15) is 4.58 Å². The molecular formula is C25H27IN2. The van der Waals surface area contributed by atoms with Gasteiger partial charge < -0.3 is 28.9 Å². The maximum atomic E-state index is 2.34. The average Bonchev–Trinajstić information content (AvgIpc) is 2.86. The Morgan fingerprint density at radius 3 is 2.21 bits per heavy atom. The molecule has 0 aromatic heterocycles. The van der Waals surface area contributed by atoms with Crippen molar-refractivity contribution in [1.29, 1.82) is 0 Å². The van der Waals surface area contributed by atoms with Gasteiger partial charge in [0.05, 0.1) is 5.41 Å². The third kappa shape index (κ3) is 3.37. The topological polar surface area (TPSA) is 6.25 Å². The van der Waals surface area contributed by atoms with Crippen LogP contribution in [0.25, 0.3) is 16.8 Å². The Kier molecular flexibility index (Phi) is 5.67. The highest BCUT2D eigenvalue weighted by Crippen LogP contribution is 2.43. The second-order valence-electron chi connectivity index (χ2n) is 8.07. The van der Waals surface area contributed by atoms with Gasteiger partial charge in [-0.15, -0.1) is 0 Å². The fourth-order valence-electron chi connectivity index (χ4n) is 4.25. The first-order valence-electron chi connectivity index (χ1n) is 9.48. The molecule has 4 rings (SSSR count). The summed E-state index contributed by atoms with van der Waals surface area (Å²) >= 11 is 0. The van der Waals surface area contributed by atoms with E-state index < -0.39 is 0 Å². The predicted octanol–water partition coefficient (Wildman–Crippen LogP) is 2.63. The Hall–Kier alpha value is -2.14. The zero-order chi connectivity index (χ0) is 19.2. The summed E-state index contributed by atoms with van der Waals surface area (Å²) < 4.78 is 2.34. The van der Waals surface area contributed by atoms with Crippen LogP contribution < -0.4 is 28.9 Å². The van der Waals surface area contributed by atoms with Crippen LogP contribution in [-0.2, 0) is 5.41 Å². The van der Waals surface area contributed by atoms with Gasteiger partial charge in [-0.1, -0.05) is 36.4 Å². The first-order chi connectivity index (χ1) is 12.9. The SMILES string of the molecule is CN(C)c1ccc(/C=C/C2=[N+](C)c3ccc4ccccc4c3C2(C)C)cc1.[I-]. The number of anilines is 1. The number of allylic oxidation sites excluding steroid dienone is 1. The van der Waals surface area contributed by atoms with Gasteiger partial charge in [0.15, 0.2) is 5.71 Å². The molecule has 3 aromatic carbocycles. The molecule has 2 nitrogen and oxygen atoms in total. The summed E-state index contributed by atoms with van der Waals surface area (Å²) in [5.74, 6) is 0. The highest BCUT2D eigenvalue weighted by molar-refractivity contribution is 6.09. The Balaban J connectivity index is 0.00000225. The van der Waals surface area contributed by atoms with E-state index in [9.17, 15) is 0 Å². The van der Waals surface area contributed by atoms with Gasteiger partial charge in [0.25, 0.3) is 0 Å². The van der Waals surface area contributed by atoms with Crippen molar-refractivity contribution < 1.29 is 28.6 Å². The van der Waals surface area contributed by atoms with E-state index in [1.165, 1.54) is 39.0 Å². The van der Waals surface area contributed by atoms with Crippen molar-refractivity contribution in [3.05, 3.63) is 77.9 Å². The molecule has 1 heterocycles. The molecule has 3 heteroatoms. The molecule has 0 spiro atoms. The van der Waals surface area contributed by atoms with Crippen molar-refractivity contribution in [2.75, 3.05) is 26.0 Å². The summed E-state index contributed by atoms with van der Waals surface area (Å²) in [6.07, 6.45) is 4.50. The molecule has 0 N–H and O–H groups in total. The van der Waals surface area contributed by atoms with Gasteiger partial charge in [0, 0.05) is 37.5 Å². The number of benzene rings is 3. The molecule has 0 unspecified atom stereocenters. The van der Waals surface area contributed by atoms with Crippen LogP contribution in [0.3, 0.4) is 0 Å². The monoisotopic (exact) mass is 482 g/mol. The lowest BCUT2D eigenvalue weighted by atomic mass is 9.79. The van der Waals surface area contributed by atoms with E-state index >= 15 is 0 Å². The number of fused-ring (bicyclic) bond motifs is 3. The fraction of sp³-hybridized carbons (Fsp3) is 0.240. The van der Waals surface area contributed by atoms with E-state index in [1.807, 2.05) is 0 Å². The largest absolute Gasteiger partial charge is 1.00 e. The minimum Gasteiger partial charge on any atom is -1.00 e. The van der Waals surface area contributed by atoms with E-state index in [4.69, 9.17) is 0 Å². The van der Waals surface area contributed by atoms with Crippen molar-refractivity contribution in [3.8, 4) is 0 Å². The van der Waals surface area contributed by atoms with Gasteiger partial charge in [0.1, 0.15) is 7.05 Å². The summed E-state index contributed by atoms with van der Waals surface area (Å²) in [4.78, 5) is 2.12. The summed E-state index contributed by atoms with van der Waals surface area (Å²) in [6.45, 7) is 4.66. The lowest BCUT2D eigenvalue weighted by Gasteiger charge is -2.17. The van der Waals surface area contributed by atoms with Gasteiger partial charge in [-0.25, -0.2) is 0 Å². The molecule has 0 fully saturated rings. The third-order valence-corrected chi connectivity index (χ3v) is 5.74. The fourth-order valence-corrected chi connectivity index (χ4v) is 4.25.